The Bertz CT molecular complexity index is 1490. The van der Waals surface area contributed by atoms with Crippen molar-refractivity contribution in [2.75, 3.05) is 6.61 Å². The van der Waals surface area contributed by atoms with E-state index in [-0.39, 0.29) is 11.5 Å². The summed E-state index contributed by atoms with van der Waals surface area (Å²) in [6, 6.07) is 23.8. The van der Waals surface area contributed by atoms with Gasteiger partial charge in [-0.2, -0.15) is 4.39 Å². The fourth-order valence-electron chi connectivity index (χ4n) is 3.95. The molecule has 2 aromatic heterocycles. The number of halogens is 1. The fourth-order valence-corrected chi connectivity index (χ4v) is 3.95. The predicted molar refractivity (Wildman–Crippen MR) is 127 cm³/mol. The van der Waals surface area contributed by atoms with E-state index in [2.05, 4.69) is 4.98 Å². The van der Waals surface area contributed by atoms with Gasteiger partial charge in [0.2, 0.25) is 5.95 Å². The third kappa shape index (κ3) is 3.87. The minimum atomic E-state index is -0.662. The average Bonchev–Trinajstić information content (AvgIpc) is 3.21. The van der Waals surface area contributed by atoms with Gasteiger partial charge in [0.25, 0.3) is 0 Å². The smallest absolute Gasteiger partial charge is 0.338 e. The number of pyridine rings is 1. The second kappa shape index (κ2) is 8.51. The van der Waals surface area contributed by atoms with E-state index in [0.29, 0.717) is 34.6 Å². The Morgan fingerprint density at radius 3 is 2.42 bits per heavy atom. The van der Waals surface area contributed by atoms with E-state index in [1.54, 1.807) is 36.4 Å². The first-order valence-corrected chi connectivity index (χ1v) is 10.9. The maximum atomic E-state index is 15.3. The van der Waals surface area contributed by atoms with Crippen LogP contribution in [0.3, 0.4) is 0 Å². The number of furan rings is 1. The average molecular weight is 439 g/mol. The summed E-state index contributed by atoms with van der Waals surface area (Å²) in [5.41, 5.74) is 3.60. The van der Waals surface area contributed by atoms with Crippen LogP contribution in [0.2, 0.25) is 0 Å². The van der Waals surface area contributed by atoms with Crippen LogP contribution in [-0.4, -0.2) is 17.6 Å². The van der Waals surface area contributed by atoms with E-state index in [4.69, 9.17) is 9.15 Å². The number of para-hydroxylation sites is 2. The van der Waals surface area contributed by atoms with Crippen LogP contribution in [0.1, 0.15) is 24.2 Å². The number of carbonyl (C=O) groups is 1. The number of benzene rings is 3. The van der Waals surface area contributed by atoms with Gasteiger partial charge in [-0.1, -0.05) is 62.4 Å². The number of hydrogen-bond donors (Lipinski definition) is 0. The predicted octanol–water partition coefficient (Wildman–Crippen LogP) is 7.27. The first-order chi connectivity index (χ1) is 16.0. The van der Waals surface area contributed by atoms with Crippen molar-refractivity contribution in [3.63, 3.8) is 0 Å². The Kier molecular flexibility index (Phi) is 5.38. The highest BCUT2D eigenvalue weighted by Crippen LogP contribution is 2.36. The van der Waals surface area contributed by atoms with Crippen LogP contribution in [-0.2, 0) is 4.74 Å². The second-order valence-corrected chi connectivity index (χ2v) is 8.35. The molecule has 5 rings (SSSR count). The zero-order valence-corrected chi connectivity index (χ0v) is 18.3. The third-order valence-corrected chi connectivity index (χ3v) is 5.51. The SMILES string of the molecule is CC(C)COC(=O)c1ccccc1-c1ccc(-c2cccc3c2oc2ccccc23)nc1F. The summed E-state index contributed by atoms with van der Waals surface area (Å²) in [5, 5.41) is 1.95. The molecule has 0 amide bonds. The summed E-state index contributed by atoms with van der Waals surface area (Å²) in [5.74, 6) is -0.931. The van der Waals surface area contributed by atoms with Crippen molar-refractivity contribution in [3.05, 3.63) is 90.4 Å². The molecule has 164 valence electrons. The van der Waals surface area contributed by atoms with Crippen LogP contribution < -0.4 is 0 Å². The van der Waals surface area contributed by atoms with Crippen molar-refractivity contribution >= 4 is 27.9 Å². The number of rotatable bonds is 5. The zero-order chi connectivity index (χ0) is 22.9. The van der Waals surface area contributed by atoms with Crippen LogP contribution >= 0.6 is 0 Å². The van der Waals surface area contributed by atoms with Crippen LogP contribution in [0.4, 0.5) is 4.39 Å². The standard InChI is InChI=1S/C28H22FNO3/c1-17(2)16-32-28(31)22-10-4-3-8-18(22)21-14-15-24(30-27(21)29)23-12-7-11-20-19-9-5-6-13-25(19)33-26(20)23/h3-15,17H,16H2,1-2H3. The molecule has 0 N–H and O–H groups in total. The van der Waals surface area contributed by atoms with Crippen LogP contribution in [0.5, 0.6) is 0 Å². The topological polar surface area (TPSA) is 52.3 Å². The quantitative estimate of drug-likeness (QED) is 0.213. The molecule has 0 spiro atoms. The molecule has 0 saturated carbocycles. The molecule has 0 radical (unpaired) electrons. The van der Waals surface area contributed by atoms with Gasteiger partial charge in [0.1, 0.15) is 11.2 Å². The molecule has 3 aromatic carbocycles. The maximum Gasteiger partial charge on any atom is 0.338 e. The number of ether oxygens (including phenoxy) is 1. The van der Waals surface area contributed by atoms with Gasteiger partial charge < -0.3 is 9.15 Å². The number of fused-ring (bicyclic) bond motifs is 3. The van der Waals surface area contributed by atoms with Gasteiger partial charge in [-0.3, -0.25) is 0 Å². The van der Waals surface area contributed by atoms with Gasteiger partial charge >= 0.3 is 5.97 Å². The van der Waals surface area contributed by atoms with Crippen molar-refractivity contribution in [2.24, 2.45) is 5.92 Å². The summed E-state index contributed by atoms with van der Waals surface area (Å²) in [7, 11) is 0. The van der Waals surface area contributed by atoms with Crippen LogP contribution in [0.15, 0.2) is 83.3 Å². The molecular formula is C28H22FNO3. The Balaban J connectivity index is 1.57. The molecule has 5 aromatic rings. The molecule has 0 fully saturated rings. The molecule has 4 nitrogen and oxygen atoms in total. The van der Waals surface area contributed by atoms with Crippen molar-refractivity contribution in [3.8, 4) is 22.4 Å². The van der Waals surface area contributed by atoms with Gasteiger partial charge in [-0.05, 0) is 36.2 Å². The first kappa shape index (κ1) is 20.9. The fraction of sp³-hybridized carbons (Fsp3) is 0.143. The molecule has 0 aliphatic heterocycles. The van der Waals surface area contributed by atoms with E-state index in [1.807, 2.05) is 56.3 Å². The zero-order valence-electron chi connectivity index (χ0n) is 18.3. The van der Waals surface area contributed by atoms with Gasteiger partial charge in [-0.15, -0.1) is 0 Å². The maximum absolute atomic E-state index is 15.3. The van der Waals surface area contributed by atoms with Crippen LogP contribution in [0, 0.1) is 11.9 Å². The summed E-state index contributed by atoms with van der Waals surface area (Å²) in [4.78, 5) is 16.8. The lowest BCUT2D eigenvalue weighted by atomic mass is 9.99. The molecule has 0 atom stereocenters. The second-order valence-electron chi connectivity index (χ2n) is 8.35. The van der Waals surface area contributed by atoms with Gasteiger partial charge in [0, 0.05) is 27.5 Å². The molecule has 0 aliphatic rings. The minimum Gasteiger partial charge on any atom is -0.462 e. The Hall–Kier alpha value is -3.99. The van der Waals surface area contributed by atoms with Crippen LogP contribution in [0.25, 0.3) is 44.3 Å². The number of carbonyl (C=O) groups excluding carboxylic acids is 1. The Labute approximate surface area is 190 Å². The molecule has 5 heteroatoms. The monoisotopic (exact) mass is 439 g/mol. The largest absolute Gasteiger partial charge is 0.462 e. The lowest BCUT2D eigenvalue weighted by Crippen LogP contribution is -2.11. The lowest BCUT2D eigenvalue weighted by Gasteiger charge is -2.12. The van der Waals surface area contributed by atoms with E-state index in [9.17, 15) is 4.79 Å². The summed E-state index contributed by atoms with van der Waals surface area (Å²) in [6.45, 7) is 4.22. The van der Waals surface area contributed by atoms with E-state index >= 15 is 4.39 Å². The first-order valence-electron chi connectivity index (χ1n) is 10.9. The molecule has 0 unspecified atom stereocenters. The number of esters is 1. The van der Waals surface area contributed by atoms with E-state index < -0.39 is 11.9 Å². The Morgan fingerprint density at radius 2 is 1.61 bits per heavy atom. The molecule has 0 aliphatic carbocycles. The van der Waals surface area contributed by atoms with Gasteiger partial charge in [-0.25, -0.2) is 9.78 Å². The highest BCUT2D eigenvalue weighted by molar-refractivity contribution is 6.09. The van der Waals surface area contributed by atoms with Gasteiger partial charge in [0.15, 0.2) is 0 Å². The van der Waals surface area contributed by atoms with Crippen molar-refractivity contribution in [2.45, 2.75) is 13.8 Å². The summed E-state index contributed by atoms with van der Waals surface area (Å²) >= 11 is 0. The van der Waals surface area contributed by atoms with E-state index in [0.717, 1.165) is 16.4 Å². The third-order valence-electron chi connectivity index (χ3n) is 5.51. The molecular weight excluding hydrogens is 417 g/mol. The Morgan fingerprint density at radius 1 is 0.879 bits per heavy atom. The highest BCUT2D eigenvalue weighted by atomic mass is 19.1. The molecule has 0 bridgehead atoms. The highest BCUT2D eigenvalue weighted by Gasteiger charge is 2.19. The van der Waals surface area contributed by atoms with E-state index in [1.165, 1.54) is 0 Å². The number of nitrogens with zero attached hydrogens (tertiary/aromatic N) is 1. The number of hydrogen-bond acceptors (Lipinski definition) is 4. The molecule has 33 heavy (non-hydrogen) atoms. The van der Waals surface area contributed by atoms with Crippen molar-refractivity contribution in [1.29, 1.82) is 0 Å². The van der Waals surface area contributed by atoms with Crippen molar-refractivity contribution in [1.82, 2.24) is 4.98 Å². The lowest BCUT2D eigenvalue weighted by molar-refractivity contribution is 0.0460. The normalized spacial score (nSPS) is 11.4. The molecule has 2 heterocycles. The summed E-state index contributed by atoms with van der Waals surface area (Å²) in [6.07, 6.45) is 0. The minimum absolute atomic E-state index is 0.208. The van der Waals surface area contributed by atoms with Crippen molar-refractivity contribution < 1.29 is 18.3 Å². The summed E-state index contributed by atoms with van der Waals surface area (Å²) < 4.78 is 26.7. The number of aromatic nitrogens is 1. The van der Waals surface area contributed by atoms with Gasteiger partial charge in [0.05, 0.1) is 17.9 Å². The molecule has 0 saturated heterocycles.